The number of para-hydroxylation sites is 1. The van der Waals surface area contributed by atoms with Gasteiger partial charge in [0.05, 0.1) is 33.6 Å². The molecule has 270 valence electrons. The fourth-order valence-corrected chi connectivity index (χ4v) is 9.00. The number of nitrogens with zero attached hydrogens (tertiary/aromatic N) is 3. The first-order valence-electron chi connectivity index (χ1n) is 17.9. The molecule has 12 heteroatoms. The Hall–Kier alpha value is -6.17. The van der Waals surface area contributed by atoms with Crippen LogP contribution in [0.3, 0.4) is 0 Å². The Balaban J connectivity index is 0.897. The van der Waals surface area contributed by atoms with E-state index in [1.54, 1.807) is 29.2 Å². The number of aromatic amines is 2. The molecule has 55 heavy (non-hydrogen) atoms. The predicted molar refractivity (Wildman–Crippen MR) is 216 cm³/mol. The lowest BCUT2D eigenvalue weighted by atomic mass is 9.94. The van der Waals surface area contributed by atoms with E-state index in [1.807, 2.05) is 78.9 Å². The summed E-state index contributed by atoms with van der Waals surface area (Å²) in [4.78, 5) is 67.6. The van der Waals surface area contributed by atoms with E-state index in [4.69, 9.17) is 21.3 Å². The van der Waals surface area contributed by atoms with Gasteiger partial charge >= 0.3 is 0 Å². The number of ketones is 1. The zero-order chi connectivity index (χ0) is 37.4. The Morgan fingerprint density at radius 1 is 0.836 bits per heavy atom. The maximum absolute atomic E-state index is 14.3. The van der Waals surface area contributed by atoms with Crippen molar-refractivity contribution in [1.82, 2.24) is 14.9 Å². The highest BCUT2D eigenvalue weighted by Crippen LogP contribution is 2.50. The molecule has 5 aromatic carbocycles. The summed E-state index contributed by atoms with van der Waals surface area (Å²) in [5.41, 5.74) is 6.80. The van der Waals surface area contributed by atoms with Crippen LogP contribution in [0.5, 0.6) is 5.75 Å². The van der Waals surface area contributed by atoms with Crippen molar-refractivity contribution < 1.29 is 23.9 Å². The van der Waals surface area contributed by atoms with Crippen LogP contribution in [0.25, 0.3) is 32.6 Å². The fourth-order valence-electron chi connectivity index (χ4n) is 7.99. The number of halogens is 1. The maximum Gasteiger partial charge on any atom is 0.274 e. The summed E-state index contributed by atoms with van der Waals surface area (Å²) in [6.07, 6.45) is 0.221. The molecule has 0 bridgehead atoms. The third-order valence-corrected chi connectivity index (χ3v) is 11.8. The average molecular weight is 764 g/mol. The number of nitrogens with one attached hydrogen (secondary N) is 2. The summed E-state index contributed by atoms with van der Waals surface area (Å²) in [6, 6.07) is 31.9. The van der Waals surface area contributed by atoms with Crippen LogP contribution < -0.4 is 9.64 Å². The minimum atomic E-state index is -0.302. The van der Waals surface area contributed by atoms with E-state index in [1.165, 1.54) is 16.7 Å². The first-order valence-corrected chi connectivity index (χ1v) is 19.4. The van der Waals surface area contributed by atoms with Gasteiger partial charge in [-0.2, -0.15) is 0 Å². The van der Waals surface area contributed by atoms with E-state index in [-0.39, 0.29) is 42.4 Å². The summed E-state index contributed by atoms with van der Waals surface area (Å²) < 4.78 is 6.37. The van der Waals surface area contributed by atoms with Crippen molar-refractivity contribution in [3.05, 3.63) is 137 Å². The topological polar surface area (TPSA) is 128 Å². The number of aliphatic imine (C=N–C) groups is 1. The number of carbonyl (C=O) groups excluding carboxylic acids is 4. The second-order valence-electron chi connectivity index (χ2n) is 13.9. The Morgan fingerprint density at radius 3 is 2.38 bits per heavy atom. The monoisotopic (exact) mass is 763 g/mol. The van der Waals surface area contributed by atoms with Crippen LogP contribution in [0.15, 0.2) is 108 Å². The molecule has 0 aliphatic carbocycles. The van der Waals surface area contributed by atoms with E-state index in [0.29, 0.717) is 51.7 Å². The van der Waals surface area contributed by atoms with Crippen molar-refractivity contribution in [3.63, 3.8) is 0 Å². The van der Waals surface area contributed by atoms with Crippen molar-refractivity contribution in [1.29, 1.82) is 0 Å². The van der Waals surface area contributed by atoms with E-state index in [2.05, 4.69) is 9.97 Å². The lowest BCUT2D eigenvalue weighted by Crippen LogP contribution is -2.32. The second-order valence-corrected chi connectivity index (χ2v) is 15.2. The Kier molecular flexibility index (Phi) is 7.89. The number of anilines is 1. The quantitative estimate of drug-likeness (QED) is 0.0907. The summed E-state index contributed by atoms with van der Waals surface area (Å²) >= 11 is 7.88. The summed E-state index contributed by atoms with van der Waals surface area (Å²) in [5.74, 6) is 0.334. The van der Waals surface area contributed by atoms with Gasteiger partial charge in [-0.1, -0.05) is 60.3 Å². The van der Waals surface area contributed by atoms with Crippen LogP contribution in [-0.4, -0.2) is 68.3 Å². The van der Waals surface area contributed by atoms with Gasteiger partial charge in [-0.25, -0.2) is 4.99 Å². The Labute approximate surface area is 323 Å². The number of hydrogen-bond donors (Lipinski definition) is 2. The van der Waals surface area contributed by atoms with Gasteiger partial charge in [0, 0.05) is 64.9 Å². The molecule has 3 amide bonds. The van der Waals surface area contributed by atoms with Gasteiger partial charge in [-0.15, -0.1) is 11.6 Å². The molecule has 0 saturated carbocycles. The van der Waals surface area contributed by atoms with E-state index in [9.17, 15) is 19.2 Å². The molecule has 0 spiro atoms. The number of aromatic nitrogens is 2. The standard InChI is InChI=1S/C43H30ClN5O5S/c44-21-26-22-49(42(53)34-19-25-16-23(12-13-31(25)46-34)17-36(50)33-18-24-6-1-4-10-30(24)45-33)35-20-37-39-29(38(26)35)9-5-11-32(39)47-43(54-37)55-15-14-48-40(51)27-7-2-3-8-28(27)41(48)52/h1-13,16,18-20,26,45-46H,14-15,17,21-22H2/t26-/m1/s1. The summed E-state index contributed by atoms with van der Waals surface area (Å²) in [7, 11) is 0. The number of benzene rings is 5. The molecule has 10 nitrogen and oxygen atoms in total. The molecule has 2 aromatic heterocycles. The number of hydrogen-bond acceptors (Lipinski definition) is 7. The third kappa shape index (κ3) is 5.53. The van der Waals surface area contributed by atoms with Gasteiger partial charge in [-0.3, -0.25) is 24.1 Å². The number of alkyl halides is 1. The lowest BCUT2D eigenvalue weighted by molar-refractivity contribution is 0.0663. The molecule has 10 rings (SSSR count). The average Bonchev–Trinajstić information content (AvgIpc) is 3.98. The van der Waals surface area contributed by atoms with Crippen LogP contribution in [0.4, 0.5) is 11.4 Å². The highest BCUT2D eigenvalue weighted by Gasteiger charge is 2.38. The summed E-state index contributed by atoms with van der Waals surface area (Å²) in [6.45, 7) is 0.593. The zero-order valence-corrected chi connectivity index (χ0v) is 30.7. The van der Waals surface area contributed by atoms with Gasteiger partial charge in [0.25, 0.3) is 23.0 Å². The SMILES string of the molecule is O=C(Cc1ccc2[nH]c(C(=O)N3C[C@@H](CCl)c4c3cc3c5c(cccc45)N=C(SCCN4C(=O)c5ccccc5C4=O)O3)cc2c1)c1cc2ccccc2[nH]1. The number of thioether (sulfide) groups is 1. The normalized spacial score (nSPS) is 15.9. The number of ether oxygens (including phenoxy) is 1. The molecular formula is C43H30ClN5O5S. The van der Waals surface area contributed by atoms with Gasteiger partial charge < -0.3 is 19.6 Å². The molecule has 7 aromatic rings. The number of rotatable bonds is 8. The molecule has 0 radical (unpaired) electrons. The molecule has 0 fully saturated rings. The second kappa shape index (κ2) is 13.0. The molecule has 2 N–H and O–H groups in total. The first kappa shape index (κ1) is 33.4. The van der Waals surface area contributed by atoms with Crippen molar-refractivity contribution in [2.24, 2.45) is 4.99 Å². The largest absolute Gasteiger partial charge is 0.433 e. The van der Waals surface area contributed by atoms with Gasteiger partial charge in [-0.05, 0) is 65.0 Å². The highest BCUT2D eigenvalue weighted by molar-refractivity contribution is 8.13. The molecule has 1 atom stereocenters. The van der Waals surface area contributed by atoms with Crippen molar-refractivity contribution in [2.75, 3.05) is 29.6 Å². The van der Waals surface area contributed by atoms with Crippen LogP contribution in [0.2, 0.25) is 0 Å². The number of Topliss-reactive ketones (excluding diaryl/α,β-unsaturated/α-hetero) is 1. The molecule has 5 heterocycles. The van der Waals surface area contributed by atoms with Gasteiger partial charge in [0.2, 0.25) is 0 Å². The van der Waals surface area contributed by atoms with Crippen molar-refractivity contribution in [2.45, 2.75) is 12.3 Å². The Morgan fingerprint density at radius 2 is 1.58 bits per heavy atom. The Bertz CT molecular complexity index is 2770. The number of amides is 3. The number of fused-ring (bicyclic) bond motifs is 5. The molecule has 0 unspecified atom stereocenters. The van der Waals surface area contributed by atoms with Crippen molar-refractivity contribution >= 4 is 96.1 Å². The molecular weight excluding hydrogens is 734 g/mol. The number of carbonyl (C=O) groups is 4. The molecule has 3 aliphatic rings. The smallest absolute Gasteiger partial charge is 0.274 e. The minimum absolute atomic E-state index is 0.0147. The molecule has 3 aliphatic heterocycles. The van der Waals surface area contributed by atoms with Crippen LogP contribution in [0, 0.1) is 0 Å². The van der Waals surface area contributed by atoms with Crippen LogP contribution >= 0.6 is 23.4 Å². The van der Waals surface area contributed by atoms with E-state index >= 15 is 0 Å². The lowest BCUT2D eigenvalue weighted by Gasteiger charge is -2.22. The van der Waals surface area contributed by atoms with E-state index < -0.39 is 0 Å². The predicted octanol–water partition coefficient (Wildman–Crippen LogP) is 8.62. The molecule has 0 saturated heterocycles. The van der Waals surface area contributed by atoms with Crippen LogP contribution in [0.1, 0.15) is 58.7 Å². The highest BCUT2D eigenvalue weighted by atomic mass is 35.5. The third-order valence-electron chi connectivity index (χ3n) is 10.6. The maximum atomic E-state index is 14.3. The summed E-state index contributed by atoms with van der Waals surface area (Å²) in [5, 5.41) is 3.97. The van der Waals surface area contributed by atoms with Gasteiger partial charge in [0.15, 0.2) is 5.78 Å². The van der Waals surface area contributed by atoms with Crippen molar-refractivity contribution in [3.8, 4) is 5.75 Å². The number of imide groups is 1. The minimum Gasteiger partial charge on any atom is -0.433 e. The first-order chi connectivity index (χ1) is 26.8. The van der Waals surface area contributed by atoms with Crippen LogP contribution in [-0.2, 0) is 6.42 Å². The number of H-pyrrole nitrogens is 2. The zero-order valence-electron chi connectivity index (χ0n) is 29.1. The fraction of sp³-hybridized carbons (Fsp3) is 0.140. The van der Waals surface area contributed by atoms with E-state index in [0.717, 1.165) is 55.1 Å². The van der Waals surface area contributed by atoms with Gasteiger partial charge in [0.1, 0.15) is 11.4 Å².